The van der Waals surface area contributed by atoms with Gasteiger partial charge in [0, 0.05) is 43.1 Å². The summed E-state index contributed by atoms with van der Waals surface area (Å²) in [5.74, 6) is 1.49. The molecule has 2 saturated heterocycles. The standard InChI is InChI=1S/C24H23FN6/c1-15-11-21(30-14-19-12-20(30)13-29(19)2)27-24-22(15)28-23(16-3-5-17(25)6-4-16)31(24)18-7-9-26-10-8-18/h3-11,19-20H,12-14H2,1-2H3. The normalized spacial score (nSPS) is 20.8. The fourth-order valence-corrected chi connectivity index (χ4v) is 5.01. The van der Waals surface area contributed by atoms with E-state index in [9.17, 15) is 4.39 Å². The zero-order valence-electron chi connectivity index (χ0n) is 17.5. The second kappa shape index (κ2) is 6.85. The van der Waals surface area contributed by atoms with Crippen LogP contribution < -0.4 is 4.90 Å². The number of rotatable bonds is 3. The molecule has 0 spiro atoms. The Morgan fingerprint density at radius 2 is 1.74 bits per heavy atom. The Balaban J connectivity index is 1.56. The number of aromatic nitrogens is 4. The molecule has 6 rings (SSSR count). The van der Waals surface area contributed by atoms with E-state index in [-0.39, 0.29) is 5.82 Å². The van der Waals surface area contributed by atoms with E-state index in [1.807, 2.05) is 12.1 Å². The molecule has 3 aromatic heterocycles. The Morgan fingerprint density at radius 1 is 0.968 bits per heavy atom. The molecule has 0 amide bonds. The lowest BCUT2D eigenvalue weighted by Crippen LogP contribution is -2.44. The van der Waals surface area contributed by atoms with Crippen LogP contribution in [0.2, 0.25) is 0 Å². The van der Waals surface area contributed by atoms with Crippen LogP contribution in [0.15, 0.2) is 54.9 Å². The summed E-state index contributed by atoms with van der Waals surface area (Å²) in [6, 6.07) is 13.6. The maximum Gasteiger partial charge on any atom is 0.167 e. The van der Waals surface area contributed by atoms with Crippen LogP contribution in [0.3, 0.4) is 0 Å². The van der Waals surface area contributed by atoms with Crippen molar-refractivity contribution in [2.75, 3.05) is 25.0 Å². The van der Waals surface area contributed by atoms with Crippen LogP contribution in [-0.2, 0) is 0 Å². The Morgan fingerprint density at radius 3 is 2.42 bits per heavy atom. The molecule has 0 N–H and O–H groups in total. The van der Waals surface area contributed by atoms with Gasteiger partial charge in [-0.05, 0) is 68.4 Å². The summed E-state index contributed by atoms with van der Waals surface area (Å²) in [6.45, 7) is 4.17. The number of likely N-dealkylation sites (N-methyl/N-ethyl adjacent to an activating group) is 1. The van der Waals surface area contributed by atoms with Gasteiger partial charge in [0.15, 0.2) is 5.65 Å². The molecule has 4 aromatic rings. The largest absolute Gasteiger partial charge is 0.351 e. The number of nitrogens with zero attached hydrogens (tertiary/aromatic N) is 6. The van der Waals surface area contributed by atoms with Crippen molar-refractivity contribution >= 4 is 17.0 Å². The van der Waals surface area contributed by atoms with Crippen molar-refractivity contribution in [3.8, 4) is 17.1 Å². The van der Waals surface area contributed by atoms with Crippen LogP contribution in [-0.4, -0.2) is 56.6 Å². The molecule has 0 saturated carbocycles. The first-order valence-corrected chi connectivity index (χ1v) is 10.6. The molecule has 1 aromatic carbocycles. The number of likely N-dealkylation sites (tertiary alicyclic amines) is 1. The average molecular weight is 414 g/mol. The van der Waals surface area contributed by atoms with Gasteiger partial charge in [-0.3, -0.25) is 14.5 Å². The van der Waals surface area contributed by atoms with E-state index >= 15 is 0 Å². The Hall–Kier alpha value is -3.32. The van der Waals surface area contributed by atoms with Crippen molar-refractivity contribution in [1.29, 1.82) is 0 Å². The maximum atomic E-state index is 13.6. The van der Waals surface area contributed by atoms with Gasteiger partial charge < -0.3 is 4.90 Å². The topological polar surface area (TPSA) is 50.1 Å². The maximum absolute atomic E-state index is 13.6. The van der Waals surface area contributed by atoms with Crippen LogP contribution in [0.4, 0.5) is 10.2 Å². The lowest BCUT2D eigenvalue weighted by atomic mass is 10.2. The molecule has 2 aliphatic rings. The van der Waals surface area contributed by atoms with Crippen molar-refractivity contribution in [1.82, 2.24) is 24.4 Å². The van der Waals surface area contributed by atoms with E-state index in [4.69, 9.17) is 9.97 Å². The van der Waals surface area contributed by atoms with E-state index in [0.717, 1.165) is 52.7 Å². The van der Waals surface area contributed by atoms with Crippen molar-refractivity contribution < 1.29 is 4.39 Å². The highest BCUT2D eigenvalue weighted by Crippen LogP contribution is 2.36. The Bertz CT molecular complexity index is 1260. The Kier molecular flexibility index (Phi) is 4.08. The summed E-state index contributed by atoms with van der Waals surface area (Å²) < 4.78 is 15.6. The molecule has 31 heavy (non-hydrogen) atoms. The molecule has 6 nitrogen and oxygen atoms in total. The van der Waals surface area contributed by atoms with Gasteiger partial charge in [-0.1, -0.05) is 0 Å². The minimum atomic E-state index is -0.263. The lowest BCUT2D eigenvalue weighted by Gasteiger charge is -2.33. The summed E-state index contributed by atoms with van der Waals surface area (Å²) in [5.41, 5.74) is 4.55. The highest BCUT2D eigenvalue weighted by Gasteiger charge is 2.42. The first kappa shape index (κ1) is 18.4. The lowest BCUT2D eigenvalue weighted by molar-refractivity contribution is 0.292. The number of hydrogen-bond donors (Lipinski definition) is 0. The van der Waals surface area contributed by atoms with Gasteiger partial charge in [-0.25, -0.2) is 14.4 Å². The summed E-state index contributed by atoms with van der Waals surface area (Å²) in [5, 5.41) is 0. The summed E-state index contributed by atoms with van der Waals surface area (Å²) in [7, 11) is 2.21. The van der Waals surface area contributed by atoms with Gasteiger partial charge in [0.25, 0.3) is 0 Å². The number of aryl methyl sites for hydroxylation is 1. The van der Waals surface area contributed by atoms with Gasteiger partial charge in [0.05, 0.1) is 5.69 Å². The highest BCUT2D eigenvalue weighted by atomic mass is 19.1. The molecule has 0 aliphatic carbocycles. The number of imidazole rings is 1. The average Bonchev–Trinajstić information content (AvgIpc) is 3.47. The fraction of sp³-hybridized carbons (Fsp3) is 0.292. The molecule has 2 fully saturated rings. The minimum absolute atomic E-state index is 0.263. The van der Waals surface area contributed by atoms with Gasteiger partial charge in [0.2, 0.25) is 0 Å². The van der Waals surface area contributed by atoms with Crippen molar-refractivity contribution in [2.45, 2.75) is 25.4 Å². The SMILES string of the molecule is Cc1cc(N2CC3CC2CN3C)nc2c1nc(-c1ccc(F)cc1)n2-c1ccncc1. The van der Waals surface area contributed by atoms with Gasteiger partial charge >= 0.3 is 0 Å². The molecule has 5 heterocycles. The first-order valence-electron chi connectivity index (χ1n) is 10.6. The predicted octanol–water partition coefficient (Wildman–Crippen LogP) is 3.82. The monoisotopic (exact) mass is 414 g/mol. The van der Waals surface area contributed by atoms with Crippen molar-refractivity contribution in [3.05, 3.63) is 66.2 Å². The highest BCUT2D eigenvalue weighted by molar-refractivity contribution is 5.84. The van der Waals surface area contributed by atoms with Crippen molar-refractivity contribution in [3.63, 3.8) is 0 Å². The molecule has 2 unspecified atom stereocenters. The van der Waals surface area contributed by atoms with Crippen molar-refractivity contribution in [2.24, 2.45) is 0 Å². The molecule has 2 aliphatic heterocycles. The number of halogens is 1. The third-order valence-electron chi connectivity index (χ3n) is 6.62. The number of anilines is 1. The smallest absolute Gasteiger partial charge is 0.167 e. The second-order valence-corrected chi connectivity index (χ2v) is 8.59. The van der Waals surface area contributed by atoms with Gasteiger partial charge in [0.1, 0.15) is 23.0 Å². The van der Waals surface area contributed by atoms with Gasteiger partial charge in [-0.15, -0.1) is 0 Å². The van der Waals surface area contributed by atoms with Crippen LogP contribution in [0.5, 0.6) is 0 Å². The number of piperazine rings is 1. The molecular formula is C24H23FN6. The zero-order chi connectivity index (χ0) is 21.1. The Labute approximate surface area is 180 Å². The number of hydrogen-bond acceptors (Lipinski definition) is 5. The minimum Gasteiger partial charge on any atom is -0.351 e. The van der Waals surface area contributed by atoms with Crippen LogP contribution in [0, 0.1) is 12.7 Å². The molecule has 0 radical (unpaired) electrons. The fourth-order valence-electron chi connectivity index (χ4n) is 5.01. The molecular weight excluding hydrogens is 391 g/mol. The molecule has 7 heteroatoms. The zero-order valence-corrected chi connectivity index (χ0v) is 17.5. The van der Waals surface area contributed by atoms with E-state index in [2.05, 4.69) is 39.4 Å². The summed E-state index contributed by atoms with van der Waals surface area (Å²) >= 11 is 0. The second-order valence-electron chi connectivity index (χ2n) is 8.59. The third kappa shape index (κ3) is 2.91. The van der Waals surface area contributed by atoms with Crippen LogP contribution in [0.25, 0.3) is 28.2 Å². The third-order valence-corrected chi connectivity index (χ3v) is 6.62. The molecule has 2 atom stereocenters. The summed E-state index contributed by atoms with van der Waals surface area (Å²) in [4.78, 5) is 19.1. The molecule has 156 valence electrons. The van der Waals surface area contributed by atoms with Gasteiger partial charge in [-0.2, -0.15) is 0 Å². The predicted molar refractivity (Wildman–Crippen MR) is 119 cm³/mol. The number of fused-ring (bicyclic) bond motifs is 3. The quantitative estimate of drug-likeness (QED) is 0.510. The van der Waals surface area contributed by atoms with E-state index < -0.39 is 0 Å². The van der Waals surface area contributed by atoms with E-state index in [0.29, 0.717) is 12.1 Å². The summed E-state index contributed by atoms with van der Waals surface area (Å²) in [6.07, 6.45) is 4.73. The molecule has 2 bridgehead atoms. The van der Waals surface area contributed by atoms with E-state index in [1.54, 1.807) is 24.5 Å². The number of pyridine rings is 2. The van der Waals surface area contributed by atoms with E-state index in [1.165, 1.54) is 18.6 Å². The first-order chi connectivity index (χ1) is 15.1. The van der Waals surface area contributed by atoms with Crippen LogP contribution >= 0.6 is 0 Å². The van der Waals surface area contributed by atoms with Crippen LogP contribution in [0.1, 0.15) is 12.0 Å². The number of benzene rings is 1.